The second-order valence-corrected chi connectivity index (χ2v) is 6.71. The maximum absolute atomic E-state index is 11.6. The zero-order valence-corrected chi connectivity index (χ0v) is 13.2. The lowest BCUT2D eigenvalue weighted by Crippen LogP contribution is -2.33. The average Bonchev–Trinajstić information content (AvgIpc) is 2.82. The number of alkyl carbamates (subject to hydrolysis) is 1. The summed E-state index contributed by atoms with van der Waals surface area (Å²) < 4.78 is 6.28. The zero-order chi connectivity index (χ0) is 15.5. The summed E-state index contributed by atoms with van der Waals surface area (Å²) in [5.41, 5.74) is 1.10. The number of hydrogen-bond acceptors (Lipinski definition) is 4. The van der Waals surface area contributed by atoms with Crippen LogP contribution in [-0.2, 0) is 11.2 Å². The van der Waals surface area contributed by atoms with Crippen LogP contribution in [0, 0.1) is 11.3 Å². The number of nitrogens with zero attached hydrogens (tertiary/aromatic N) is 1. The van der Waals surface area contributed by atoms with Gasteiger partial charge in [0.2, 0.25) is 0 Å². The number of amides is 1. The Morgan fingerprint density at radius 3 is 2.86 bits per heavy atom. The number of nitrogens with one attached hydrogen (secondary N) is 1. The smallest absolute Gasteiger partial charge is 0.407 e. The van der Waals surface area contributed by atoms with E-state index < -0.39 is 11.7 Å². The molecular weight excluding hydrogens is 284 g/mol. The first kappa shape index (κ1) is 15.3. The third-order valence-corrected chi connectivity index (χ3v) is 3.74. The second-order valence-electron chi connectivity index (χ2n) is 5.76. The first-order valence-corrected chi connectivity index (χ1v) is 7.64. The SMILES string of the molecule is CC(C)(C)OC(=O)NCCc1cc2ccsc2cc1C#N. The number of rotatable bonds is 3. The molecule has 0 unspecified atom stereocenters. The summed E-state index contributed by atoms with van der Waals surface area (Å²) >= 11 is 1.62. The molecule has 0 aliphatic rings. The van der Waals surface area contributed by atoms with Gasteiger partial charge < -0.3 is 10.1 Å². The molecule has 0 spiro atoms. The van der Waals surface area contributed by atoms with Gasteiger partial charge in [0.15, 0.2) is 0 Å². The van der Waals surface area contributed by atoms with Gasteiger partial charge in [-0.25, -0.2) is 4.79 Å². The van der Waals surface area contributed by atoms with Crippen LogP contribution in [0.4, 0.5) is 4.79 Å². The van der Waals surface area contributed by atoms with E-state index in [1.807, 2.05) is 44.4 Å². The van der Waals surface area contributed by atoms with E-state index in [0.717, 1.165) is 15.6 Å². The highest BCUT2D eigenvalue weighted by atomic mass is 32.1. The van der Waals surface area contributed by atoms with Gasteiger partial charge in [-0.1, -0.05) is 0 Å². The summed E-state index contributed by atoms with van der Waals surface area (Å²) in [6, 6.07) is 8.17. The van der Waals surface area contributed by atoms with Gasteiger partial charge in [0.1, 0.15) is 5.60 Å². The largest absolute Gasteiger partial charge is 0.444 e. The number of thiophene rings is 1. The van der Waals surface area contributed by atoms with Crippen LogP contribution in [-0.4, -0.2) is 18.2 Å². The molecule has 2 aromatic rings. The number of fused-ring (bicyclic) bond motifs is 1. The van der Waals surface area contributed by atoms with E-state index in [-0.39, 0.29) is 0 Å². The summed E-state index contributed by atoms with van der Waals surface area (Å²) in [5.74, 6) is 0. The fraction of sp³-hybridized carbons (Fsp3) is 0.375. The van der Waals surface area contributed by atoms with Gasteiger partial charge in [-0.15, -0.1) is 11.3 Å². The van der Waals surface area contributed by atoms with Gasteiger partial charge in [0, 0.05) is 11.2 Å². The van der Waals surface area contributed by atoms with E-state index in [9.17, 15) is 10.1 Å². The molecule has 1 aromatic carbocycles. The minimum absolute atomic E-state index is 0.433. The molecule has 21 heavy (non-hydrogen) atoms. The summed E-state index contributed by atoms with van der Waals surface area (Å²) in [7, 11) is 0. The van der Waals surface area contributed by atoms with Crippen molar-refractivity contribution >= 4 is 27.5 Å². The van der Waals surface area contributed by atoms with Crippen molar-refractivity contribution in [2.45, 2.75) is 32.8 Å². The van der Waals surface area contributed by atoms with Crippen LogP contribution >= 0.6 is 11.3 Å². The predicted octanol–water partition coefficient (Wildman–Crippen LogP) is 3.84. The van der Waals surface area contributed by atoms with Crippen molar-refractivity contribution in [3.63, 3.8) is 0 Å². The van der Waals surface area contributed by atoms with Gasteiger partial charge in [-0.3, -0.25) is 0 Å². The molecule has 0 saturated heterocycles. The molecule has 1 aromatic heterocycles. The van der Waals surface area contributed by atoms with E-state index in [2.05, 4.69) is 11.4 Å². The van der Waals surface area contributed by atoms with Gasteiger partial charge in [-0.05, 0) is 61.7 Å². The molecule has 5 heteroatoms. The first-order valence-electron chi connectivity index (χ1n) is 6.76. The van der Waals surface area contributed by atoms with Crippen molar-refractivity contribution in [1.82, 2.24) is 5.32 Å². The van der Waals surface area contributed by atoms with Gasteiger partial charge >= 0.3 is 6.09 Å². The maximum atomic E-state index is 11.6. The number of benzene rings is 1. The number of carbonyl (C=O) groups excluding carboxylic acids is 1. The molecule has 0 bridgehead atoms. The molecule has 110 valence electrons. The lowest BCUT2D eigenvalue weighted by Gasteiger charge is -2.19. The fourth-order valence-electron chi connectivity index (χ4n) is 1.98. The molecule has 0 saturated carbocycles. The Balaban J connectivity index is 2.00. The molecule has 1 heterocycles. The zero-order valence-electron chi connectivity index (χ0n) is 12.4. The second kappa shape index (κ2) is 6.15. The Bertz CT molecular complexity index is 692. The van der Waals surface area contributed by atoms with Crippen molar-refractivity contribution in [3.8, 4) is 6.07 Å². The van der Waals surface area contributed by atoms with E-state index in [0.29, 0.717) is 18.5 Å². The minimum Gasteiger partial charge on any atom is -0.444 e. The molecule has 0 fully saturated rings. The maximum Gasteiger partial charge on any atom is 0.407 e. The molecule has 0 aliphatic heterocycles. The molecule has 0 atom stereocenters. The number of hydrogen-bond donors (Lipinski definition) is 1. The number of nitriles is 1. The molecular formula is C16H18N2O2S. The van der Waals surface area contributed by atoms with Crippen molar-refractivity contribution in [1.29, 1.82) is 5.26 Å². The van der Waals surface area contributed by atoms with Crippen LogP contribution in [0.2, 0.25) is 0 Å². The Labute approximate surface area is 128 Å². The van der Waals surface area contributed by atoms with E-state index in [1.165, 1.54) is 0 Å². The van der Waals surface area contributed by atoms with E-state index >= 15 is 0 Å². The quantitative estimate of drug-likeness (QED) is 0.937. The summed E-state index contributed by atoms with van der Waals surface area (Å²) in [5, 5.41) is 15.1. The van der Waals surface area contributed by atoms with Crippen LogP contribution in [0.25, 0.3) is 10.1 Å². The van der Waals surface area contributed by atoms with Crippen molar-refractivity contribution in [2.75, 3.05) is 6.54 Å². The monoisotopic (exact) mass is 302 g/mol. The molecule has 0 radical (unpaired) electrons. The third-order valence-electron chi connectivity index (χ3n) is 2.86. The lowest BCUT2D eigenvalue weighted by atomic mass is 10.0. The van der Waals surface area contributed by atoms with Gasteiger partial charge in [-0.2, -0.15) is 5.26 Å². The summed E-state index contributed by atoms with van der Waals surface area (Å²) in [6.07, 6.45) is 0.172. The Morgan fingerprint density at radius 1 is 1.43 bits per heavy atom. The summed E-state index contributed by atoms with van der Waals surface area (Å²) in [6.45, 7) is 5.92. The Hall–Kier alpha value is -2.06. The average molecular weight is 302 g/mol. The third kappa shape index (κ3) is 4.20. The van der Waals surface area contributed by atoms with E-state index in [4.69, 9.17) is 4.74 Å². The first-order chi connectivity index (χ1) is 9.89. The molecule has 4 nitrogen and oxygen atoms in total. The fourth-order valence-corrected chi connectivity index (χ4v) is 2.79. The summed E-state index contributed by atoms with van der Waals surface area (Å²) in [4.78, 5) is 11.6. The molecule has 2 rings (SSSR count). The molecule has 1 N–H and O–H groups in total. The molecule has 1 amide bonds. The number of ether oxygens (including phenoxy) is 1. The van der Waals surface area contributed by atoms with Crippen LogP contribution in [0.15, 0.2) is 23.6 Å². The Kier molecular flexibility index (Phi) is 4.49. The highest BCUT2D eigenvalue weighted by molar-refractivity contribution is 7.17. The standard InChI is InChI=1S/C16H18N2O2S/c1-16(2,3)20-15(19)18-6-4-11-8-12-5-7-21-14(12)9-13(11)10-17/h5,7-9H,4,6H2,1-3H3,(H,18,19). The highest BCUT2D eigenvalue weighted by Gasteiger charge is 2.15. The van der Waals surface area contributed by atoms with Crippen molar-refractivity contribution < 1.29 is 9.53 Å². The minimum atomic E-state index is -0.502. The molecule has 0 aliphatic carbocycles. The van der Waals surface area contributed by atoms with Crippen molar-refractivity contribution in [2.24, 2.45) is 0 Å². The topological polar surface area (TPSA) is 62.1 Å². The Morgan fingerprint density at radius 2 is 2.19 bits per heavy atom. The van der Waals surface area contributed by atoms with Gasteiger partial charge in [0.25, 0.3) is 0 Å². The number of carbonyl (C=O) groups is 1. The van der Waals surface area contributed by atoms with Crippen LogP contribution < -0.4 is 5.32 Å². The van der Waals surface area contributed by atoms with E-state index in [1.54, 1.807) is 11.3 Å². The lowest BCUT2D eigenvalue weighted by molar-refractivity contribution is 0.0528. The normalized spacial score (nSPS) is 11.1. The van der Waals surface area contributed by atoms with Crippen molar-refractivity contribution in [3.05, 3.63) is 34.7 Å². The van der Waals surface area contributed by atoms with Gasteiger partial charge in [0.05, 0.1) is 11.6 Å². The van der Waals surface area contributed by atoms with Crippen LogP contribution in [0.1, 0.15) is 31.9 Å². The highest BCUT2D eigenvalue weighted by Crippen LogP contribution is 2.24. The predicted molar refractivity (Wildman–Crippen MR) is 84.5 cm³/mol. The van der Waals surface area contributed by atoms with Crippen LogP contribution in [0.5, 0.6) is 0 Å². The van der Waals surface area contributed by atoms with Crippen LogP contribution in [0.3, 0.4) is 0 Å².